The standard InChI is InChI=1S/C20H23N7O2S2/c1-3-27-16(12(2)21-17(29)13-7-5-4-6-8-13)23-26-20(27)30-11-15(28)22-19-25-24-18(31-19)14-9-10-14/h4-8,12,14H,3,9-11H2,1-2H3,(H,21,29)(H,22,25,28). The van der Waals surface area contributed by atoms with Gasteiger partial charge in [0.25, 0.3) is 5.91 Å². The molecule has 0 saturated heterocycles. The fourth-order valence-electron chi connectivity index (χ4n) is 3.02. The first-order valence-corrected chi connectivity index (χ1v) is 11.9. The second-order valence-corrected chi connectivity index (χ2v) is 9.15. The molecule has 4 rings (SSSR count). The Morgan fingerprint density at radius 1 is 1.19 bits per heavy atom. The van der Waals surface area contributed by atoms with Crippen molar-refractivity contribution in [2.75, 3.05) is 11.1 Å². The Hall–Kier alpha value is -2.79. The Bertz CT molecular complexity index is 1060. The van der Waals surface area contributed by atoms with E-state index < -0.39 is 0 Å². The Balaban J connectivity index is 1.34. The van der Waals surface area contributed by atoms with Crippen LogP contribution in [0.25, 0.3) is 0 Å². The Morgan fingerprint density at radius 3 is 2.68 bits per heavy atom. The van der Waals surface area contributed by atoms with Crippen molar-refractivity contribution in [2.45, 2.75) is 50.4 Å². The second-order valence-electron chi connectivity index (χ2n) is 7.20. The molecule has 1 atom stereocenters. The van der Waals surface area contributed by atoms with Crippen LogP contribution in [-0.2, 0) is 11.3 Å². The van der Waals surface area contributed by atoms with Gasteiger partial charge in [0.15, 0.2) is 11.0 Å². The van der Waals surface area contributed by atoms with E-state index in [0.717, 1.165) is 17.8 Å². The van der Waals surface area contributed by atoms with Gasteiger partial charge in [0.2, 0.25) is 11.0 Å². The molecule has 1 fully saturated rings. The smallest absolute Gasteiger partial charge is 0.251 e. The van der Waals surface area contributed by atoms with Crippen molar-refractivity contribution in [3.05, 3.63) is 46.7 Å². The Morgan fingerprint density at radius 2 is 1.97 bits per heavy atom. The van der Waals surface area contributed by atoms with Gasteiger partial charge in [0.05, 0.1) is 11.8 Å². The van der Waals surface area contributed by atoms with E-state index in [1.54, 1.807) is 12.1 Å². The summed E-state index contributed by atoms with van der Waals surface area (Å²) in [6.07, 6.45) is 2.30. The number of aromatic nitrogens is 5. The van der Waals surface area contributed by atoms with Crippen LogP contribution in [-0.4, -0.2) is 42.5 Å². The molecule has 0 bridgehead atoms. The van der Waals surface area contributed by atoms with Crippen LogP contribution in [0.1, 0.15) is 59.8 Å². The first kappa shape index (κ1) is 21.4. The van der Waals surface area contributed by atoms with E-state index in [1.165, 1.54) is 23.1 Å². The monoisotopic (exact) mass is 457 g/mol. The zero-order valence-electron chi connectivity index (χ0n) is 17.2. The molecule has 1 aliphatic rings. The topological polar surface area (TPSA) is 115 Å². The van der Waals surface area contributed by atoms with Crippen LogP contribution in [0.4, 0.5) is 5.13 Å². The molecule has 11 heteroatoms. The first-order valence-electron chi connectivity index (χ1n) is 10.1. The molecule has 2 aromatic heterocycles. The molecule has 1 unspecified atom stereocenters. The number of benzene rings is 1. The van der Waals surface area contributed by atoms with E-state index in [1.807, 2.05) is 36.6 Å². The van der Waals surface area contributed by atoms with Crippen LogP contribution in [0.2, 0.25) is 0 Å². The van der Waals surface area contributed by atoms with Crippen LogP contribution in [0, 0.1) is 0 Å². The number of hydrogen-bond donors (Lipinski definition) is 2. The molecule has 1 aliphatic carbocycles. The van der Waals surface area contributed by atoms with Crippen molar-refractivity contribution < 1.29 is 9.59 Å². The summed E-state index contributed by atoms with van der Waals surface area (Å²) < 4.78 is 1.91. The quantitative estimate of drug-likeness (QED) is 0.474. The van der Waals surface area contributed by atoms with E-state index in [9.17, 15) is 9.59 Å². The van der Waals surface area contributed by atoms with Crippen molar-refractivity contribution in [2.24, 2.45) is 0 Å². The van der Waals surface area contributed by atoms with Crippen molar-refractivity contribution in [3.8, 4) is 0 Å². The fourth-order valence-corrected chi connectivity index (χ4v) is 4.76. The lowest BCUT2D eigenvalue weighted by Crippen LogP contribution is -2.28. The summed E-state index contributed by atoms with van der Waals surface area (Å²) >= 11 is 2.74. The first-order chi connectivity index (χ1) is 15.0. The van der Waals surface area contributed by atoms with Gasteiger partial charge < -0.3 is 9.88 Å². The van der Waals surface area contributed by atoms with Crippen LogP contribution in [0.3, 0.4) is 0 Å². The van der Waals surface area contributed by atoms with Crippen LogP contribution in [0.15, 0.2) is 35.5 Å². The molecule has 31 heavy (non-hydrogen) atoms. The normalized spacial score (nSPS) is 14.3. The van der Waals surface area contributed by atoms with Crippen LogP contribution < -0.4 is 10.6 Å². The number of amides is 2. The number of nitrogens with zero attached hydrogens (tertiary/aromatic N) is 5. The summed E-state index contributed by atoms with van der Waals surface area (Å²) in [5.41, 5.74) is 0.588. The Kier molecular flexibility index (Phi) is 6.62. The van der Waals surface area contributed by atoms with E-state index in [2.05, 4.69) is 31.0 Å². The molecule has 162 valence electrons. The third-order valence-corrected chi connectivity index (χ3v) is 6.75. The van der Waals surface area contributed by atoms with Crippen molar-refractivity contribution in [1.29, 1.82) is 0 Å². The molecular formula is C20H23N7O2S2. The largest absolute Gasteiger partial charge is 0.342 e. The van der Waals surface area contributed by atoms with Gasteiger partial charge in [-0.15, -0.1) is 20.4 Å². The predicted octanol–water partition coefficient (Wildman–Crippen LogP) is 3.25. The SMILES string of the molecule is CCn1c(SCC(=O)Nc2nnc(C3CC3)s2)nnc1C(C)NC(=O)c1ccccc1. The third kappa shape index (κ3) is 5.28. The van der Waals surface area contributed by atoms with Crippen molar-refractivity contribution in [1.82, 2.24) is 30.3 Å². The summed E-state index contributed by atoms with van der Waals surface area (Å²) in [6, 6.07) is 8.71. The van der Waals surface area contributed by atoms with Gasteiger partial charge in [-0.3, -0.25) is 14.9 Å². The van der Waals surface area contributed by atoms with E-state index in [4.69, 9.17) is 0 Å². The minimum Gasteiger partial charge on any atom is -0.342 e. The van der Waals surface area contributed by atoms with Gasteiger partial charge in [-0.25, -0.2) is 0 Å². The zero-order chi connectivity index (χ0) is 21.8. The summed E-state index contributed by atoms with van der Waals surface area (Å²) in [7, 11) is 0. The lowest BCUT2D eigenvalue weighted by Gasteiger charge is -2.15. The van der Waals surface area contributed by atoms with E-state index >= 15 is 0 Å². The molecule has 9 nitrogen and oxygen atoms in total. The molecule has 2 amide bonds. The van der Waals surface area contributed by atoms with Gasteiger partial charge in [-0.05, 0) is 38.8 Å². The number of carbonyl (C=O) groups excluding carboxylic acids is 2. The summed E-state index contributed by atoms with van der Waals surface area (Å²) in [6.45, 7) is 4.47. The lowest BCUT2D eigenvalue weighted by atomic mass is 10.2. The molecule has 3 aromatic rings. The minimum atomic E-state index is -0.328. The molecule has 0 radical (unpaired) electrons. The van der Waals surface area contributed by atoms with Crippen molar-refractivity contribution >= 4 is 40.0 Å². The van der Waals surface area contributed by atoms with Gasteiger partial charge in [-0.2, -0.15) is 0 Å². The number of thioether (sulfide) groups is 1. The van der Waals surface area contributed by atoms with Gasteiger partial charge in [0.1, 0.15) is 5.01 Å². The van der Waals surface area contributed by atoms with Gasteiger partial charge in [-0.1, -0.05) is 41.3 Å². The lowest BCUT2D eigenvalue weighted by molar-refractivity contribution is -0.113. The average Bonchev–Trinajstić information content (AvgIpc) is 3.38. The highest BCUT2D eigenvalue weighted by Crippen LogP contribution is 2.42. The molecule has 2 heterocycles. The predicted molar refractivity (Wildman–Crippen MR) is 119 cm³/mol. The van der Waals surface area contributed by atoms with Gasteiger partial charge >= 0.3 is 0 Å². The third-order valence-electron chi connectivity index (χ3n) is 4.78. The maximum absolute atomic E-state index is 12.4. The maximum Gasteiger partial charge on any atom is 0.251 e. The number of hydrogen-bond acceptors (Lipinski definition) is 8. The van der Waals surface area contributed by atoms with Gasteiger partial charge in [0, 0.05) is 18.0 Å². The van der Waals surface area contributed by atoms with Crippen LogP contribution >= 0.6 is 23.1 Å². The zero-order valence-corrected chi connectivity index (χ0v) is 18.9. The second kappa shape index (κ2) is 9.56. The molecule has 0 spiro atoms. The molecule has 1 aromatic carbocycles. The molecule has 2 N–H and O–H groups in total. The summed E-state index contributed by atoms with van der Waals surface area (Å²) in [5.74, 6) is 1.01. The number of rotatable bonds is 9. The number of nitrogens with one attached hydrogen (secondary N) is 2. The van der Waals surface area contributed by atoms with Crippen LogP contribution in [0.5, 0.6) is 0 Å². The molecule has 0 aliphatic heterocycles. The van der Waals surface area contributed by atoms with Crippen molar-refractivity contribution in [3.63, 3.8) is 0 Å². The minimum absolute atomic E-state index is 0.166. The highest BCUT2D eigenvalue weighted by atomic mass is 32.2. The average molecular weight is 458 g/mol. The number of anilines is 1. The number of carbonyl (C=O) groups is 2. The Labute approximate surface area is 188 Å². The fraction of sp³-hybridized carbons (Fsp3) is 0.400. The highest BCUT2D eigenvalue weighted by molar-refractivity contribution is 7.99. The maximum atomic E-state index is 12.4. The highest BCUT2D eigenvalue weighted by Gasteiger charge is 2.28. The van der Waals surface area contributed by atoms with E-state index in [0.29, 0.717) is 34.1 Å². The molecular weight excluding hydrogens is 434 g/mol. The molecule has 1 saturated carbocycles. The summed E-state index contributed by atoms with van der Waals surface area (Å²) in [5, 5.41) is 24.5. The summed E-state index contributed by atoms with van der Waals surface area (Å²) in [4.78, 5) is 24.8. The van der Waals surface area contributed by atoms with E-state index in [-0.39, 0.29) is 23.6 Å².